The van der Waals surface area contributed by atoms with Crippen molar-refractivity contribution >= 4 is 25.4 Å². The van der Waals surface area contributed by atoms with E-state index < -0.39 is 38.1 Å². The Morgan fingerprint density at radius 1 is 0.619 bits per heavy atom. The number of hydrogen-bond acceptors (Lipinski definition) is 1. The lowest BCUT2D eigenvalue weighted by Crippen LogP contribution is -2.43. The van der Waals surface area contributed by atoms with Gasteiger partial charge in [-0.15, -0.1) is 11.1 Å². The van der Waals surface area contributed by atoms with E-state index in [1.807, 2.05) is 36.4 Å². The van der Waals surface area contributed by atoms with Crippen LogP contribution in [0.15, 0.2) is 97.1 Å². The van der Waals surface area contributed by atoms with Crippen molar-refractivity contribution in [1.29, 1.82) is 0 Å². The third kappa shape index (κ3) is 5.02. The van der Waals surface area contributed by atoms with Crippen molar-refractivity contribution in [3.8, 4) is 0 Å². The van der Waals surface area contributed by atoms with Crippen LogP contribution < -0.4 is 10.6 Å². The minimum absolute atomic E-state index is 0.00104. The molecule has 1 saturated carbocycles. The average Bonchev–Trinajstić information content (AvgIpc) is 3.64. The first-order valence-corrected chi connectivity index (χ1v) is 18.5. The second-order valence-corrected chi connectivity index (χ2v) is 18.2. The molecule has 0 N–H and O–H groups in total. The van der Waals surface area contributed by atoms with Crippen LogP contribution in [0.1, 0.15) is 61.0 Å². The van der Waals surface area contributed by atoms with Crippen molar-refractivity contribution in [2.45, 2.75) is 55.9 Å². The Balaban J connectivity index is 1.70. The first-order valence-electron chi connectivity index (χ1n) is 14.5. The third-order valence-electron chi connectivity index (χ3n) is 9.16. The van der Waals surface area contributed by atoms with Gasteiger partial charge in [0.1, 0.15) is 22.2 Å². The van der Waals surface area contributed by atoms with Gasteiger partial charge in [-0.3, -0.25) is 0 Å². The van der Waals surface area contributed by atoms with Gasteiger partial charge in [0.05, 0.1) is 24.8 Å². The molecule has 1 saturated heterocycles. The molecular formula is C35H35F4NP2. The van der Waals surface area contributed by atoms with E-state index in [0.717, 1.165) is 86.1 Å². The van der Waals surface area contributed by atoms with E-state index in [1.54, 1.807) is 0 Å². The maximum atomic E-state index is 16.1. The lowest BCUT2D eigenvalue weighted by molar-refractivity contribution is 0.488. The highest BCUT2D eigenvalue weighted by molar-refractivity contribution is 7.97. The van der Waals surface area contributed by atoms with Crippen LogP contribution >= 0.6 is 14.8 Å². The van der Waals surface area contributed by atoms with Gasteiger partial charge in [-0.1, -0.05) is 73.5 Å². The van der Waals surface area contributed by atoms with Gasteiger partial charge in [-0.2, -0.15) is 6.66 Å². The van der Waals surface area contributed by atoms with E-state index in [0.29, 0.717) is 0 Å². The molecule has 42 heavy (non-hydrogen) atoms. The predicted octanol–water partition coefficient (Wildman–Crippen LogP) is 10.2. The fourth-order valence-corrected chi connectivity index (χ4v) is 18.4. The minimum atomic E-state index is -3.55. The van der Waals surface area contributed by atoms with Crippen molar-refractivity contribution in [2.75, 3.05) is 0 Å². The molecule has 0 amide bonds. The number of benzene rings is 4. The highest BCUT2D eigenvalue weighted by atomic mass is 31.2. The Labute approximate surface area is 247 Å². The summed E-state index contributed by atoms with van der Waals surface area (Å²) in [7, 11) is -6.23. The van der Waals surface area contributed by atoms with Gasteiger partial charge in [0.2, 0.25) is 0 Å². The standard InChI is InChI=1S/C35H35F4NP2/c1-41(32(25-11-5-3-6-12-25)21-22-33(41)26-13-7-4-8-14-26)40(29-15-9-10-16-29)42(2,34-23-27(36)17-19-30(34)38)35-24-28(37)18-20-31(35)39/h3-8,11-14,17-20,23-24,29,32-33H,1-2,9-10,15-16,21-22H2/t32-,33-/m0/s1. The molecule has 2 atom stereocenters. The van der Waals surface area contributed by atoms with E-state index in [-0.39, 0.29) is 28.0 Å². The van der Waals surface area contributed by atoms with Crippen LogP contribution in [-0.2, 0) is 0 Å². The third-order valence-corrected chi connectivity index (χ3v) is 18.7. The highest BCUT2D eigenvalue weighted by Crippen LogP contribution is 2.92. The van der Waals surface area contributed by atoms with Crippen LogP contribution in [0.3, 0.4) is 0 Å². The maximum Gasteiger partial charge on any atom is 0.164 e. The fraction of sp³-hybridized carbons (Fsp3) is 0.257. The number of rotatable bonds is 7. The van der Waals surface area contributed by atoms with Crippen molar-refractivity contribution in [1.82, 2.24) is 4.44 Å². The maximum absolute atomic E-state index is 16.1. The SMILES string of the molecule is [CH2-][P+](c1cc(F)ccc1F)(c1cc(F)ccc1F)N(C1CCCC1)[P+]1([CH2-])[C@H](c2ccccc2)CC[C@H]1c1ccccc1. The van der Waals surface area contributed by atoms with E-state index in [4.69, 9.17) is 13.3 Å². The van der Waals surface area contributed by atoms with Crippen LogP contribution in [0.2, 0.25) is 0 Å². The normalized spacial score (nSPS) is 20.8. The molecule has 0 bridgehead atoms. The fourth-order valence-electron chi connectivity index (χ4n) is 7.36. The van der Waals surface area contributed by atoms with Gasteiger partial charge in [0, 0.05) is 19.5 Å². The second kappa shape index (κ2) is 11.8. The molecular weight excluding hydrogens is 572 g/mol. The lowest BCUT2D eigenvalue weighted by Gasteiger charge is -2.53. The molecule has 7 heteroatoms. The summed E-state index contributed by atoms with van der Waals surface area (Å²) in [5.74, 6) is -2.59. The molecule has 0 unspecified atom stereocenters. The lowest BCUT2D eigenvalue weighted by atomic mass is 10.0. The number of halogens is 4. The van der Waals surface area contributed by atoms with Gasteiger partial charge in [0.15, 0.2) is 11.6 Å². The van der Waals surface area contributed by atoms with Gasteiger partial charge in [0.25, 0.3) is 0 Å². The smallest absolute Gasteiger partial charge is 0.164 e. The van der Waals surface area contributed by atoms with Crippen LogP contribution in [0.25, 0.3) is 0 Å². The average molecular weight is 608 g/mol. The summed E-state index contributed by atoms with van der Waals surface area (Å²) in [5, 5.41) is 0.0138. The zero-order chi connectivity index (χ0) is 29.5. The number of nitrogens with zero attached hydrogens (tertiary/aromatic N) is 1. The minimum Gasteiger partial charge on any atom is -0.207 e. The molecule has 218 valence electrons. The Hall–Kier alpha value is -2.58. The molecule has 0 aromatic heterocycles. The molecule has 2 fully saturated rings. The van der Waals surface area contributed by atoms with Gasteiger partial charge in [-0.25, -0.2) is 17.6 Å². The Bertz CT molecular complexity index is 1440. The molecule has 4 aromatic carbocycles. The summed E-state index contributed by atoms with van der Waals surface area (Å²) in [6.07, 6.45) is 5.24. The summed E-state index contributed by atoms with van der Waals surface area (Å²) < 4.78 is 64.4. The first kappa shape index (κ1) is 29.5. The van der Waals surface area contributed by atoms with Crippen LogP contribution in [0.4, 0.5) is 17.6 Å². The molecule has 0 spiro atoms. The van der Waals surface area contributed by atoms with E-state index >= 15 is 17.6 Å². The zero-order valence-electron chi connectivity index (χ0n) is 23.5. The van der Waals surface area contributed by atoms with Gasteiger partial charge >= 0.3 is 0 Å². The largest absolute Gasteiger partial charge is 0.207 e. The van der Waals surface area contributed by atoms with Gasteiger partial charge < -0.3 is 0 Å². The van der Waals surface area contributed by atoms with Gasteiger partial charge in [-0.05, 0) is 61.1 Å². The van der Waals surface area contributed by atoms with E-state index in [2.05, 4.69) is 28.7 Å². The molecule has 2 aliphatic rings. The monoisotopic (exact) mass is 607 g/mol. The quantitative estimate of drug-likeness (QED) is 0.115. The van der Waals surface area contributed by atoms with Crippen molar-refractivity contribution in [3.63, 3.8) is 0 Å². The highest BCUT2D eigenvalue weighted by Gasteiger charge is 2.63. The van der Waals surface area contributed by atoms with Crippen molar-refractivity contribution in [3.05, 3.63) is 145 Å². The Morgan fingerprint density at radius 2 is 1.05 bits per heavy atom. The molecule has 1 aliphatic carbocycles. The second-order valence-electron chi connectivity index (χ2n) is 11.5. The first-order chi connectivity index (χ1) is 20.2. The molecule has 1 aliphatic heterocycles. The molecule has 6 rings (SSSR count). The summed E-state index contributed by atoms with van der Waals surface area (Å²) in [6.45, 7) is 9.86. The summed E-state index contributed by atoms with van der Waals surface area (Å²) in [5.41, 5.74) is 2.26. The summed E-state index contributed by atoms with van der Waals surface area (Å²) in [4.78, 5) is 0. The number of hydrogen-bond donors (Lipinski definition) is 0. The molecule has 4 aromatic rings. The van der Waals surface area contributed by atoms with Crippen LogP contribution in [-0.4, -0.2) is 10.5 Å². The molecule has 0 radical (unpaired) electrons. The summed E-state index contributed by atoms with van der Waals surface area (Å²) >= 11 is 0. The Kier molecular flexibility index (Phi) is 8.31. The van der Waals surface area contributed by atoms with Crippen LogP contribution in [0.5, 0.6) is 0 Å². The Morgan fingerprint density at radius 3 is 1.48 bits per heavy atom. The van der Waals surface area contributed by atoms with Crippen molar-refractivity contribution < 1.29 is 17.6 Å². The van der Waals surface area contributed by atoms with E-state index in [9.17, 15) is 0 Å². The topological polar surface area (TPSA) is 3.24 Å². The predicted molar refractivity (Wildman–Crippen MR) is 168 cm³/mol. The zero-order valence-corrected chi connectivity index (χ0v) is 25.3. The van der Waals surface area contributed by atoms with Crippen molar-refractivity contribution in [2.24, 2.45) is 0 Å². The molecule has 1 nitrogen and oxygen atoms in total. The van der Waals surface area contributed by atoms with E-state index in [1.165, 1.54) is 0 Å². The van der Waals surface area contributed by atoms with Crippen LogP contribution in [0, 0.1) is 36.6 Å². The molecule has 1 heterocycles. The summed E-state index contributed by atoms with van der Waals surface area (Å²) in [6, 6.07) is 27.0.